The van der Waals surface area contributed by atoms with Gasteiger partial charge in [-0.05, 0) is 12.8 Å². The molecule has 0 spiro atoms. The summed E-state index contributed by atoms with van der Waals surface area (Å²) in [6.07, 6.45) is 3.27. The van der Waals surface area contributed by atoms with E-state index in [2.05, 4.69) is 0 Å². The highest BCUT2D eigenvalue weighted by Crippen LogP contribution is 2.31. The number of carbonyl (C=O) groups excluding carboxylic acids is 1. The van der Waals surface area contributed by atoms with Crippen molar-refractivity contribution in [3.63, 3.8) is 0 Å². The normalized spacial score (nSPS) is 29.9. The number of hydrogen-bond donors (Lipinski definition) is 0. The quantitative estimate of drug-likeness (QED) is 0.727. The van der Waals surface area contributed by atoms with Crippen molar-refractivity contribution < 1.29 is 19.0 Å². The van der Waals surface area contributed by atoms with Crippen molar-refractivity contribution in [2.24, 2.45) is 5.92 Å². The SMILES string of the molecule is COC1(C(=O)C2CCCOC2)CCOCC1. The van der Waals surface area contributed by atoms with Gasteiger partial charge in [0.2, 0.25) is 0 Å². The predicted molar refractivity (Wildman–Crippen MR) is 58.3 cm³/mol. The number of Topliss-reactive ketones (excluding diaryl/α,β-unsaturated/α-hetero) is 1. The summed E-state index contributed by atoms with van der Waals surface area (Å²) in [5, 5.41) is 0. The first-order chi connectivity index (χ1) is 7.78. The van der Waals surface area contributed by atoms with Crippen LogP contribution in [0.25, 0.3) is 0 Å². The van der Waals surface area contributed by atoms with Crippen molar-refractivity contribution in [2.75, 3.05) is 33.5 Å². The van der Waals surface area contributed by atoms with Gasteiger partial charge in [0.1, 0.15) is 5.60 Å². The van der Waals surface area contributed by atoms with Crippen LogP contribution < -0.4 is 0 Å². The Hall–Kier alpha value is -0.450. The second-order valence-corrected chi connectivity index (χ2v) is 4.59. The molecule has 2 fully saturated rings. The molecule has 2 saturated heterocycles. The maximum Gasteiger partial charge on any atom is 0.170 e. The van der Waals surface area contributed by atoms with Crippen LogP contribution in [0.2, 0.25) is 0 Å². The fourth-order valence-corrected chi connectivity index (χ4v) is 2.57. The molecule has 16 heavy (non-hydrogen) atoms. The fourth-order valence-electron chi connectivity index (χ4n) is 2.57. The number of methoxy groups -OCH3 is 1. The van der Waals surface area contributed by atoms with E-state index in [0.29, 0.717) is 32.7 Å². The topological polar surface area (TPSA) is 44.8 Å². The van der Waals surface area contributed by atoms with Gasteiger partial charge in [-0.2, -0.15) is 0 Å². The van der Waals surface area contributed by atoms with Crippen LogP contribution in [0.4, 0.5) is 0 Å². The zero-order valence-electron chi connectivity index (χ0n) is 9.87. The van der Waals surface area contributed by atoms with E-state index >= 15 is 0 Å². The minimum absolute atomic E-state index is 0.0202. The Morgan fingerprint density at radius 2 is 2.00 bits per heavy atom. The van der Waals surface area contributed by atoms with Crippen molar-refractivity contribution in [3.05, 3.63) is 0 Å². The number of ketones is 1. The average Bonchev–Trinajstić information content (AvgIpc) is 2.39. The van der Waals surface area contributed by atoms with E-state index in [4.69, 9.17) is 14.2 Å². The molecule has 0 aromatic heterocycles. The summed E-state index contributed by atoms with van der Waals surface area (Å²) in [4.78, 5) is 12.4. The van der Waals surface area contributed by atoms with Crippen molar-refractivity contribution in [1.29, 1.82) is 0 Å². The number of hydrogen-bond acceptors (Lipinski definition) is 4. The lowest BCUT2D eigenvalue weighted by Crippen LogP contribution is -2.50. The molecule has 1 unspecified atom stereocenters. The summed E-state index contributed by atoms with van der Waals surface area (Å²) >= 11 is 0. The van der Waals surface area contributed by atoms with Crippen molar-refractivity contribution in [2.45, 2.75) is 31.3 Å². The van der Waals surface area contributed by atoms with Crippen LogP contribution in [-0.4, -0.2) is 44.9 Å². The Morgan fingerprint density at radius 1 is 1.25 bits per heavy atom. The zero-order valence-corrected chi connectivity index (χ0v) is 9.87. The van der Waals surface area contributed by atoms with E-state index < -0.39 is 5.60 Å². The van der Waals surface area contributed by atoms with Crippen LogP contribution in [0.15, 0.2) is 0 Å². The van der Waals surface area contributed by atoms with E-state index in [-0.39, 0.29) is 11.7 Å². The third kappa shape index (κ3) is 2.29. The molecular formula is C12H20O4. The molecule has 0 N–H and O–H groups in total. The van der Waals surface area contributed by atoms with Crippen molar-refractivity contribution in [3.8, 4) is 0 Å². The molecular weight excluding hydrogens is 208 g/mol. The maximum atomic E-state index is 12.4. The lowest BCUT2D eigenvalue weighted by atomic mass is 9.81. The second kappa shape index (κ2) is 5.25. The fraction of sp³-hybridized carbons (Fsp3) is 0.917. The molecule has 0 aromatic rings. The van der Waals surface area contributed by atoms with Crippen molar-refractivity contribution in [1.82, 2.24) is 0 Å². The van der Waals surface area contributed by atoms with Gasteiger partial charge in [0.15, 0.2) is 5.78 Å². The molecule has 0 radical (unpaired) electrons. The number of carbonyl (C=O) groups is 1. The summed E-state index contributed by atoms with van der Waals surface area (Å²) in [7, 11) is 1.63. The maximum absolute atomic E-state index is 12.4. The molecule has 0 saturated carbocycles. The predicted octanol–water partition coefficient (Wildman–Crippen LogP) is 1.18. The molecule has 92 valence electrons. The Kier molecular flexibility index (Phi) is 3.95. The van der Waals surface area contributed by atoms with Crippen LogP contribution in [0.3, 0.4) is 0 Å². The Morgan fingerprint density at radius 3 is 2.56 bits per heavy atom. The highest BCUT2D eigenvalue weighted by atomic mass is 16.5. The van der Waals surface area contributed by atoms with Crippen molar-refractivity contribution >= 4 is 5.78 Å². The van der Waals surface area contributed by atoms with Crippen LogP contribution >= 0.6 is 0 Å². The number of ether oxygens (including phenoxy) is 3. The van der Waals surface area contributed by atoms with E-state index in [1.807, 2.05) is 0 Å². The Labute approximate surface area is 96.2 Å². The standard InChI is InChI=1S/C12H20O4/c1-14-12(4-7-15-8-5-12)11(13)10-3-2-6-16-9-10/h10H,2-9H2,1H3. The molecule has 4 nitrogen and oxygen atoms in total. The van der Waals surface area contributed by atoms with Crippen LogP contribution in [-0.2, 0) is 19.0 Å². The van der Waals surface area contributed by atoms with E-state index in [9.17, 15) is 4.79 Å². The van der Waals surface area contributed by atoms with Gasteiger partial charge in [-0.25, -0.2) is 0 Å². The molecule has 0 bridgehead atoms. The van der Waals surface area contributed by atoms with Gasteiger partial charge >= 0.3 is 0 Å². The Bertz CT molecular complexity index is 239. The second-order valence-electron chi connectivity index (χ2n) is 4.59. The monoisotopic (exact) mass is 228 g/mol. The molecule has 2 heterocycles. The molecule has 0 aromatic carbocycles. The van der Waals surface area contributed by atoms with Gasteiger partial charge < -0.3 is 14.2 Å². The van der Waals surface area contributed by atoms with E-state index in [0.717, 1.165) is 19.4 Å². The van der Waals surface area contributed by atoms with Gasteiger partial charge in [0, 0.05) is 45.7 Å². The molecule has 0 amide bonds. The summed E-state index contributed by atoms with van der Waals surface area (Å²) < 4.78 is 16.2. The smallest absolute Gasteiger partial charge is 0.170 e. The van der Waals surface area contributed by atoms with Gasteiger partial charge in [-0.3, -0.25) is 4.79 Å². The van der Waals surface area contributed by atoms with Crippen LogP contribution in [0, 0.1) is 5.92 Å². The van der Waals surface area contributed by atoms with Gasteiger partial charge in [0.05, 0.1) is 6.61 Å². The molecule has 2 rings (SSSR count). The van der Waals surface area contributed by atoms with Crippen LogP contribution in [0.1, 0.15) is 25.7 Å². The first-order valence-electron chi connectivity index (χ1n) is 6.03. The molecule has 2 aliphatic heterocycles. The third-order valence-corrected chi connectivity index (χ3v) is 3.67. The zero-order chi connectivity index (χ0) is 11.4. The minimum Gasteiger partial charge on any atom is -0.381 e. The first kappa shape index (κ1) is 12.0. The Balaban J connectivity index is 2.04. The molecule has 0 aliphatic carbocycles. The summed E-state index contributed by atoms with van der Waals surface area (Å²) in [6.45, 7) is 2.58. The highest BCUT2D eigenvalue weighted by Gasteiger charge is 2.43. The third-order valence-electron chi connectivity index (χ3n) is 3.67. The van der Waals surface area contributed by atoms with E-state index in [1.165, 1.54) is 0 Å². The summed E-state index contributed by atoms with van der Waals surface area (Å²) in [6, 6.07) is 0. The molecule has 1 atom stereocenters. The van der Waals surface area contributed by atoms with Crippen LogP contribution in [0.5, 0.6) is 0 Å². The highest BCUT2D eigenvalue weighted by molar-refractivity contribution is 5.89. The largest absolute Gasteiger partial charge is 0.381 e. The van der Waals surface area contributed by atoms with Gasteiger partial charge in [-0.1, -0.05) is 0 Å². The first-order valence-corrected chi connectivity index (χ1v) is 6.03. The van der Waals surface area contributed by atoms with Gasteiger partial charge in [-0.15, -0.1) is 0 Å². The average molecular weight is 228 g/mol. The number of rotatable bonds is 3. The lowest BCUT2D eigenvalue weighted by molar-refractivity contribution is -0.160. The molecule has 4 heteroatoms. The van der Waals surface area contributed by atoms with E-state index in [1.54, 1.807) is 7.11 Å². The van der Waals surface area contributed by atoms with Gasteiger partial charge in [0.25, 0.3) is 0 Å². The summed E-state index contributed by atoms with van der Waals surface area (Å²) in [5.74, 6) is 0.241. The molecule has 2 aliphatic rings. The summed E-state index contributed by atoms with van der Waals surface area (Å²) in [5.41, 5.74) is -0.608. The lowest BCUT2D eigenvalue weighted by Gasteiger charge is -2.37. The minimum atomic E-state index is -0.608.